The minimum Gasteiger partial charge on any atom is -0.370 e. The van der Waals surface area contributed by atoms with Gasteiger partial charge in [-0.15, -0.1) is 0 Å². The summed E-state index contributed by atoms with van der Waals surface area (Å²) in [6.07, 6.45) is 1.98. The fraction of sp³-hybridized carbons (Fsp3) is 0.429. The molecule has 1 aliphatic heterocycles. The fourth-order valence-corrected chi connectivity index (χ4v) is 2.37. The highest BCUT2D eigenvalue weighted by Crippen LogP contribution is 2.28. The normalized spacial score (nSPS) is 20.6. The van der Waals surface area contributed by atoms with Crippen LogP contribution in [-0.4, -0.2) is 23.3 Å². The molecule has 0 aliphatic carbocycles. The second-order valence-electron chi connectivity index (χ2n) is 4.69. The van der Waals surface area contributed by atoms with Gasteiger partial charge in [0.25, 0.3) is 0 Å². The predicted molar refractivity (Wildman–Crippen MR) is 69.6 cm³/mol. The van der Waals surface area contributed by atoms with Crippen LogP contribution in [0.3, 0.4) is 0 Å². The topological polar surface area (TPSA) is 74.2 Å². The maximum absolute atomic E-state index is 5.84. The number of aromatic nitrogens is 2. The minimum absolute atomic E-state index is 0.0216. The predicted octanol–water partition coefficient (Wildman–Crippen LogP) is 2.01. The standard InChI is InChI=1S/C14H17N3O2/c15-9-11(10-5-2-1-3-6-10)14-16-13(17-19-14)12-7-4-8-18-12/h1-3,5-6,11-12H,4,7-9,15H2. The quantitative estimate of drug-likeness (QED) is 0.909. The van der Waals surface area contributed by atoms with Gasteiger partial charge >= 0.3 is 0 Å². The second-order valence-corrected chi connectivity index (χ2v) is 4.69. The van der Waals surface area contributed by atoms with Gasteiger partial charge in [-0.1, -0.05) is 35.5 Å². The van der Waals surface area contributed by atoms with E-state index in [0.29, 0.717) is 18.3 Å². The largest absolute Gasteiger partial charge is 0.370 e. The minimum atomic E-state index is -0.0520. The van der Waals surface area contributed by atoms with Gasteiger partial charge in [0.15, 0.2) is 0 Å². The SMILES string of the molecule is NCC(c1ccccc1)c1nc(C2CCCO2)no1. The maximum Gasteiger partial charge on any atom is 0.235 e. The lowest BCUT2D eigenvalue weighted by Crippen LogP contribution is -2.14. The first-order valence-corrected chi connectivity index (χ1v) is 6.58. The third-order valence-electron chi connectivity index (χ3n) is 3.41. The molecule has 2 aromatic rings. The number of rotatable bonds is 4. The fourth-order valence-electron chi connectivity index (χ4n) is 2.37. The Kier molecular flexibility index (Phi) is 3.57. The molecule has 3 rings (SSSR count). The third-order valence-corrected chi connectivity index (χ3v) is 3.41. The zero-order chi connectivity index (χ0) is 13.1. The summed E-state index contributed by atoms with van der Waals surface area (Å²) in [7, 11) is 0. The van der Waals surface area contributed by atoms with Crippen molar-refractivity contribution in [3.8, 4) is 0 Å². The summed E-state index contributed by atoms with van der Waals surface area (Å²) < 4.78 is 10.9. The van der Waals surface area contributed by atoms with Crippen LogP contribution in [0.15, 0.2) is 34.9 Å². The van der Waals surface area contributed by atoms with Crippen molar-refractivity contribution in [2.45, 2.75) is 24.9 Å². The number of benzene rings is 1. The average molecular weight is 259 g/mol. The van der Waals surface area contributed by atoms with Crippen molar-refractivity contribution in [2.24, 2.45) is 5.73 Å². The van der Waals surface area contributed by atoms with Crippen molar-refractivity contribution in [2.75, 3.05) is 13.2 Å². The highest BCUT2D eigenvalue weighted by molar-refractivity contribution is 5.25. The van der Waals surface area contributed by atoms with Gasteiger partial charge in [0.2, 0.25) is 11.7 Å². The molecule has 100 valence electrons. The molecule has 1 aromatic heterocycles. The molecule has 5 heteroatoms. The van der Waals surface area contributed by atoms with E-state index in [4.69, 9.17) is 15.0 Å². The highest BCUT2D eigenvalue weighted by Gasteiger charge is 2.26. The van der Waals surface area contributed by atoms with Gasteiger partial charge in [-0.3, -0.25) is 0 Å². The molecule has 2 N–H and O–H groups in total. The summed E-state index contributed by atoms with van der Waals surface area (Å²) in [6, 6.07) is 9.98. The molecule has 0 amide bonds. The Balaban J connectivity index is 1.84. The van der Waals surface area contributed by atoms with Gasteiger partial charge in [0.05, 0.1) is 5.92 Å². The zero-order valence-corrected chi connectivity index (χ0v) is 10.7. The molecular formula is C14H17N3O2. The van der Waals surface area contributed by atoms with Crippen molar-refractivity contribution in [3.05, 3.63) is 47.6 Å². The van der Waals surface area contributed by atoms with E-state index in [1.807, 2.05) is 30.3 Å². The first kappa shape index (κ1) is 12.3. The van der Waals surface area contributed by atoms with Gasteiger partial charge in [-0.25, -0.2) is 0 Å². The van der Waals surface area contributed by atoms with Crippen LogP contribution in [0.4, 0.5) is 0 Å². The summed E-state index contributed by atoms with van der Waals surface area (Å²) >= 11 is 0. The smallest absolute Gasteiger partial charge is 0.235 e. The summed E-state index contributed by atoms with van der Waals surface area (Å²) in [6.45, 7) is 1.21. The van der Waals surface area contributed by atoms with E-state index < -0.39 is 0 Å². The average Bonchev–Trinajstić information content (AvgIpc) is 3.11. The molecule has 19 heavy (non-hydrogen) atoms. The molecular weight excluding hydrogens is 242 g/mol. The van der Waals surface area contributed by atoms with Crippen molar-refractivity contribution < 1.29 is 9.26 Å². The maximum atomic E-state index is 5.84. The second kappa shape index (κ2) is 5.50. The van der Waals surface area contributed by atoms with Crippen LogP contribution < -0.4 is 5.73 Å². The van der Waals surface area contributed by atoms with Gasteiger partial charge in [-0.2, -0.15) is 4.98 Å². The van der Waals surface area contributed by atoms with Crippen LogP contribution >= 0.6 is 0 Å². The molecule has 1 aromatic carbocycles. The van der Waals surface area contributed by atoms with Crippen molar-refractivity contribution in [1.82, 2.24) is 10.1 Å². The number of nitrogens with zero attached hydrogens (tertiary/aromatic N) is 2. The van der Waals surface area contributed by atoms with E-state index >= 15 is 0 Å². The molecule has 1 fully saturated rings. The molecule has 0 radical (unpaired) electrons. The van der Waals surface area contributed by atoms with E-state index in [1.165, 1.54) is 0 Å². The lowest BCUT2D eigenvalue weighted by Gasteiger charge is -2.09. The van der Waals surface area contributed by atoms with Gasteiger partial charge in [-0.05, 0) is 18.4 Å². The lowest BCUT2D eigenvalue weighted by atomic mass is 9.99. The molecule has 2 atom stereocenters. The van der Waals surface area contributed by atoms with Crippen molar-refractivity contribution >= 4 is 0 Å². The van der Waals surface area contributed by atoms with Crippen molar-refractivity contribution in [1.29, 1.82) is 0 Å². The van der Waals surface area contributed by atoms with Crippen LogP contribution in [0.1, 0.15) is 42.1 Å². The number of hydrogen-bond acceptors (Lipinski definition) is 5. The Bertz CT molecular complexity index is 520. The Hall–Kier alpha value is -1.72. The summed E-state index contributed by atoms with van der Waals surface area (Å²) in [5.74, 6) is 1.16. The lowest BCUT2D eigenvalue weighted by molar-refractivity contribution is 0.103. The Morgan fingerprint density at radius 2 is 2.16 bits per heavy atom. The highest BCUT2D eigenvalue weighted by atomic mass is 16.5. The van der Waals surface area contributed by atoms with Crippen LogP contribution in [0.2, 0.25) is 0 Å². The molecule has 0 saturated carbocycles. The Morgan fingerprint density at radius 1 is 1.32 bits per heavy atom. The van der Waals surface area contributed by atoms with E-state index in [1.54, 1.807) is 0 Å². The van der Waals surface area contributed by atoms with Crippen LogP contribution in [0.25, 0.3) is 0 Å². The molecule has 5 nitrogen and oxygen atoms in total. The van der Waals surface area contributed by atoms with Crippen LogP contribution in [0.5, 0.6) is 0 Å². The summed E-state index contributed by atoms with van der Waals surface area (Å²) in [5.41, 5.74) is 6.93. The van der Waals surface area contributed by atoms with Crippen LogP contribution in [-0.2, 0) is 4.74 Å². The molecule has 2 unspecified atom stereocenters. The van der Waals surface area contributed by atoms with E-state index in [-0.39, 0.29) is 12.0 Å². The van der Waals surface area contributed by atoms with E-state index in [0.717, 1.165) is 25.0 Å². The van der Waals surface area contributed by atoms with Gasteiger partial charge in [0.1, 0.15) is 6.10 Å². The summed E-state index contributed by atoms with van der Waals surface area (Å²) in [5, 5.41) is 4.03. The molecule has 1 aliphatic rings. The third kappa shape index (κ3) is 2.52. The van der Waals surface area contributed by atoms with E-state index in [9.17, 15) is 0 Å². The molecule has 1 saturated heterocycles. The van der Waals surface area contributed by atoms with E-state index in [2.05, 4.69) is 10.1 Å². The zero-order valence-electron chi connectivity index (χ0n) is 10.7. The molecule has 0 spiro atoms. The monoisotopic (exact) mass is 259 g/mol. The first-order valence-electron chi connectivity index (χ1n) is 6.58. The number of nitrogens with two attached hydrogens (primary N) is 1. The Labute approximate surface area is 111 Å². The summed E-state index contributed by atoms with van der Waals surface area (Å²) in [4.78, 5) is 4.46. The van der Waals surface area contributed by atoms with Crippen LogP contribution in [0, 0.1) is 0 Å². The molecule has 0 bridgehead atoms. The first-order chi connectivity index (χ1) is 9.38. The number of hydrogen-bond donors (Lipinski definition) is 1. The number of ether oxygens (including phenoxy) is 1. The van der Waals surface area contributed by atoms with Gasteiger partial charge in [0, 0.05) is 13.2 Å². The van der Waals surface area contributed by atoms with Crippen molar-refractivity contribution in [3.63, 3.8) is 0 Å². The Morgan fingerprint density at radius 3 is 2.84 bits per heavy atom. The van der Waals surface area contributed by atoms with Gasteiger partial charge < -0.3 is 15.0 Å². The molecule has 2 heterocycles.